The molecule has 0 spiro atoms. The first-order valence-electron chi connectivity index (χ1n) is 10.5. The number of hydrogen-bond acceptors (Lipinski definition) is 4. The van der Waals surface area contributed by atoms with Crippen molar-refractivity contribution in [2.24, 2.45) is 22.7 Å². The summed E-state index contributed by atoms with van der Waals surface area (Å²) < 4.78 is 16.9. The second kappa shape index (κ2) is 6.11. The van der Waals surface area contributed by atoms with Crippen LogP contribution in [-0.4, -0.2) is 44.4 Å². The Morgan fingerprint density at radius 3 is 2.61 bits per heavy atom. The molecule has 0 aromatic heterocycles. The van der Waals surface area contributed by atoms with Crippen LogP contribution in [0, 0.1) is 22.7 Å². The van der Waals surface area contributed by atoms with Gasteiger partial charge in [0.25, 0.3) is 0 Å². The van der Waals surface area contributed by atoms with Crippen LogP contribution in [0.5, 0.6) is 0 Å². The summed E-state index contributed by atoms with van der Waals surface area (Å²) >= 11 is 0. The molecule has 156 valence electrons. The fourth-order valence-electron chi connectivity index (χ4n) is 7.39. The molecule has 4 rings (SSSR count). The molecule has 0 aliphatic heterocycles. The van der Waals surface area contributed by atoms with Gasteiger partial charge in [0.05, 0.1) is 11.7 Å². The highest BCUT2D eigenvalue weighted by atomic mass is 19.1. The minimum Gasteiger partial charge on any atom is -0.481 e. The number of carboxylic acid groups (broad SMARTS) is 1. The highest BCUT2D eigenvalue weighted by Crippen LogP contribution is 2.70. The van der Waals surface area contributed by atoms with Crippen molar-refractivity contribution < 1.29 is 29.3 Å². The fourth-order valence-corrected chi connectivity index (χ4v) is 7.39. The molecular formula is C22H31FO5. The monoisotopic (exact) mass is 394 g/mol. The number of allylic oxidation sites excluding steroid dienone is 1. The lowest BCUT2D eigenvalue weighted by Crippen LogP contribution is -2.68. The molecule has 0 bridgehead atoms. The third-order valence-corrected chi connectivity index (χ3v) is 9.12. The number of halogens is 1. The standard InChI is InChI=1S/C22H31FO5/c1-19-8-5-14(24)11-13(19)3-4-16-15-6-9-21(28,10-7-18(26)27)20(15,2)12-17(25)22(16,19)23/h11,15-17,25,28H,3-10,12H2,1-2H3,(H,26,27)/t15-,16-,17+,19-,20-,21+,22-/m0/s1. The molecule has 3 fully saturated rings. The van der Waals surface area contributed by atoms with Gasteiger partial charge in [0.2, 0.25) is 0 Å². The number of fused-ring (bicyclic) bond motifs is 5. The van der Waals surface area contributed by atoms with E-state index in [2.05, 4.69) is 0 Å². The smallest absolute Gasteiger partial charge is 0.303 e. The van der Waals surface area contributed by atoms with E-state index in [1.54, 1.807) is 6.08 Å². The molecule has 0 heterocycles. The molecule has 3 saturated carbocycles. The zero-order valence-corrected chi connectivity index (χ0v) is 16.7. The van der Waals surface area contributed by atoms with E-state index in [1.165, 1.54) is 0 Å². The lowest BCUT2D eigenvalue weighted by atomic mass is 9.44. The summed E-state index contributed by atoms with van der Waals surface area (Å²) in [6, 6.07) is 0. The number of carbonyl (C=O) groups excluding carboxylic acids is 1. The van der Waals surface area contributed by atoms with Gasteiger partial charge in [-0.1, -0.05) is 19.4 Å². The third kappa shape index (κ3) is 2.37. The number of rotatable bonds is 3. The van der Waals surface area contributed by atoms with E-state index < -0.39 is 40.1 Å². The maximum Gasteiger partial charge on any atom is 0.303 e. The number of aliphatic hydroxyl groups excluding tert-OH is 1. The van der Waals surface area contributed by atoms with Gasteiger partial charge in [0.15, 0.2) is 5.78 Å². The second-order valence-corrected chi connectivity index (χ2v) is 10.1. The van der Waals surface area contributed by atoms with E-state index in [1.807, 2.05) is 13.8 Å². The fraction of sp³-hybridized carbons (Fsp3) is 0.818. The molecule has 0 aromatic rings. The van der Waals surface area contributed by atoms with Crippen LogP contribution in [0.4, 0.5) is 4.39 Å². The Hall–Kier alpha value is -1.27. The highest BCUT2D eigenvalue weighted by molar-refractivity contribution is 5.91. The van der Waals surface area contributed by atoms with Crippen LogP contribution in [0.15, 0.2) is 11.6 Å². The molecule has 0 amide bonds. The van der Waals surface area contributed by atoms with Crippen molar-refractivity contribution in [3.8, 4) is 0 Å². The Morgan fingerprint density at radius 1 is 1.21 bits per heavy atom. The minimum atomic E-state index is -1.82. The molecule has 3 N–H and O–H groups in total. The molecule has 0 saturated heterocycles. The predicted octanol–water partition coefficient (Wildman–Crippen LogP) is 3.18. The molecule has 6 heteroatoms. The van der Waals surface area contributed by atoms with Crippen molar-refractivity contribution in [1.29, 1.82) is 0 Å². The first kappa shape index (κ1) is 20.0. The first-order chi connectivity index (χ1) is 13.0. The van der Waals surface area contributed by atoms with E-state index >= 15 is 4.39 Å². The van der Waals surface area contributed by atoms with Crippen LogP contribution < -0.4 is 0 Å². The van der Waals surface area contributed by atoms with Gasteiger partial charge in [-0.2, -0.15) is 0 Å². The number of aliphatic hydroxyl groups is 2. The average molecular weight is 394 g/mol. The summed E-state index contributed by atoms with van der Waals surface area (Å²) in [4.78, 5) is 23.0. The maximum absolute atomic E-state index is 16.9. The van der Waals surface area contributed by atoms with Crippen molar-refractivity contribution in [1.82, 2.24) is 0 Å². The van der Waals surface area contributed by atoms with Crippen LogP contribution in [0.1, 0.15) is 71.6 Å². The molecule has 0 aromatic carbocycles. The Labute approximate surface area is 165 Å². The quantitative estimate of drug-likeness (QED) is 0.683. The van der Waals surface area contributed by atoms with Gasteiger partial charge in [-0.05, 0) is 56.9 Å². The topological polar surface area (TPSA) is 94.8 Å². The van der Waals surface area contributed by atoms with Gasteiger partial charge in [-0.25, -0.2) is 4.39 Å². The summed E-state index contributed by atoms with van der Waals surface area (Å²) in [5.41, 5.74) is -3.75. The maximum atomic E-state index is 16.9. The van der Waals surface area contributed by atoms with E-state index in [0.717, 1.165) is 5.57 Å². The van der Waals surface area contributed by atoms with Crippen molar-refractivity contribution >= 4 is 11.8 Å². The number of carbonyl (C=O) groups is 2. The van der Waals surface area contributed by atoms with Gasteiger partial charge in [0, 0.05) is 29.6 Å². The van der Waals surface area contributed by atoms with Crippen LogP contribution >= 0.6 is 0 Å². The summed E-state index contributed by atoms with van der Waals surface area (Å²) in [6.07, 6.45) is 3.47. The highest BCUT2D eigenvalue weighted by Gasteiger charge is 2.73. The molecule has 7 atom stereocenters. The van der Waals surface area contributed by atoms with Crippen molar-refractivity contribution in [2.45, 2.75) is 89.0 Å². The van der Waals surface area contributed by atoms with E-state index in [-0.39, 0.29) is 31.0 Å². The molecule has 4 aliphatic carbocycles. The predicted molar refractivity (Wildman–Crippen MR) is 100 cm³/mol. The van der Waals surface area contributed by atoms with Crippen molar-refractivity contribution in [3.63, 3.8) is 0 Å². The van der Waals surface area contributed by atoms with E-state index in [4.69, 9.17) is 5.11 Å². The van der Waals surface area contributed by atoms with Crippen LogP contribution in [-0.2, 0) is 9.59 Å². The second-order valence-electron chi connectivity index (χ2n) is 10.1. The van der Waals surface area contributed by atoms with Crippen molar-refractivity contribution in [3.05, 3.63) is 11.6 Å². The largest absolute Gasteiger partial charge is 0.481 e. The Kier molecular flexibility index (Phi) is 4.37. The van der Waals surface area contributed by atoms with Crippen LogP contribution in [0.25, 0.3) is 0 Å². The Bertz CT molecular complexity index is 749. The molecule has 0 radical (unpaired) electrons. The zero-order chi connectivity index (χ0) is 20.5. The summed E-state index contributed by atoms with van der Waals surface area (Å²) in [5, 5.41) is 31.6. The molecule has 5 nitrogen and oxygen atoms in total. The third-order valence-electron chi connectivity index (χ3n) is 9.12. The summed E-state index contributed by atoms with van der Waals surface area (Å²) in [6.45, 7) is 3.77. The van der Waals surface area contributed by atoms with Gasteiger partial charge in [-0.15, -0.1) is 0 Å². The summed E-state index contributed by atoms with van der Waals surface area (Å²) in [5.74, 6) is -1.41. The summed E-state index contributed by atoms with van der Waals surface area (Å²) in [7, 11) is 0. The Morgan fingerprint density at radius 2 is 1.93 bits per heavy atom. The van der Waals surface area contributed by atoms with E-state index in [0.29, 0.717) is 38.5 Å². The number of alkyl halides is 1. The minimum absolute atomic E-state index is 0.0357. The number of carboxylic acids is 1. The van der Waals surface area contributed by atoms with Crippen LogP contribution in [0.3, 0.4) is 0 Å². The van der Waals surface area contributed by atoms with Gasteiger partial charge >= 0.3 is 5.97 Å². The Balaban J connectivity index is 1.72. The number of ketones is 1. The normalized spacial score (nSPS) is 50.4. The zero-order valence-electron chi connectivity index (χ0n) is 16.7. The lowest BCUT2D eigenvalue weighted by Gasteiger charge is -2.63. The molecule has 4 aliphatic rings. The van der Waals surface area contributed by atoms with Gasteiger partial charge in [-0.3, -0.25) is 9.59 Å². The number of hydrogen-bond donors (Lipinski definition) is 3. The van der Waals surface area contributed by atoms with Gasteiger partial charge < -0.3 is 15.3 Å². The molecule has 0 unspecified atom stereocenters. The first-order valence-corrected chi connectivity index (χ1v) is 10.5. The van der Waals surface area contributed by atoms with Crippen LogP contribution in [0.2, 0.25) is 0 Å². The number of aliphatic carboxylic acids is 1. The molecule has 28 heavy (non-hydrogen) atoms. The molecular weight excluding hydrogens is 363 g/mol. The lowest BCUT2D eigenvalue weighted by molar-refractivity contribution is -0.229. The average Bonchev–Trinajstić information content (AvgIpc) is 2.87. The van der Waals surface area contributed by atoms with Gasteiger partial charge in [0.1, 0.15) is 5.67 Å². The van der Waals surface area contributed by atoms with E-state index in [9.17, 15) is 19.8 Å². The SMILES string of the molecule is C[C@]12CCC(=O)C=C1CC[C@H]1[C@@H]3CC[C@@](O)(CCC(=O)O)[C@@]3(C)C[C@@H](O)[C@@]12F. The van der Waals surface area contributed by atoms with Crippen molar-refractivity contribution in [2.75, 3.05) is 0 Å².